The zero-order valence-corrected chi connectivity index (χ0v) is 14.3. The minimum absolute atomic E-state index is 0.0215. The molecule has 2 amide bonds. The molecule has 7 nitrogen and oxygen atoms in total. The summed E-state index contributed by atoms with van der Waals surface area (Å²) in [7, 11) is 0. The highest BCUT2D eigenvalue weighted by molar-refractivity contribution is 5.96. The second-order valence-electron chi connectivity index (χ2n) is 6.15. The lowest BCUT2D eigenvalue weighted by Crippen LogP contribution is -2.47. The Kier molecular flexibility index (Phi) is 5.14. The SMILES string of the molecule is Cc1cc(CC(=O)Nc2ccc(C(=O)N3CCOCC3C)cc2)no1. The Balaban J connectivity index is 1.59. The zero-order valence-electron chi connectivity index (χ0n) is 14.3. The van der Waals surface area contributed by atoms with Gasteiger partial charge in [0.25, 0.3) is 5.91 Å². The molecule has 2 aromatic rings. The van der Waals surface area contributed by atoms with Crippen molar-refractivity contribution in [2.75, 3.05) is 25.1 Å². The number of carbonyl (C=O) groups is 2. The van der Waals surface area contributed by atoms with Gasteiger partial charge in [0.15, 0.2) is 0 Å². The molecule has 1 aliphatic heterocycles. The number of aryl methyl sites for hydroxylation is 1. The lowest BCUT2D eigenvalue weighted by Gasteiger charge is -2.33. The average Bonchev–Trinajstić information content (AvgIpc) is 3.00. The largest absolute Gasteiger partial charge is 0.377 e. The van der Waals surface area contributed by atoms with E-state index in [0.29, 0.717) is 42.5 Å². The fourth-order valence-corrected chi connectivity index (χ4v) is 2.76. The van der Waals surface area contributed by atoms with E-state index < -0.39 is 0 Å². The summed E-state index contributed by atoms with van der Waals surface area (Å²) in [6.45, 7) is 5.46. The normalized spacial score (nSPS) is 17.4. The number of nitrogens with zero attached hydrogens (tertiary/aromatic N) is 2. The van der Waals surface area contributed by atoms with E-state index in [1.54, 1.807) is 37.3 Å². The van der Waals surface area contributed by atoms with Crippen LogP contribution in [0.2, 0.25) is 0 Å². The van der Waals surface area contributed by atoms with Crippen LogP contribution in [0.25, 0.3) is 0 Å². The zero-order chi connectivity index (χ0) is 17.8. The molecule has 1 aliphatic rings. The number of carbonyl (C=O) groups excluding carboxylic acids is 2. The molecular formula is C18H21N3O4. The predicted molar refractivity (Wildman–Crippen MR) is 91.3 cm³/mol. The fraction of sp³-hybridized carbons (Fsp3) is 0.389. The molecule has 1 fully saturated rings. The van der Waals surface area contributed by atoms with Crippen LogP contribution in [0.3, 0.4) is 0 Å². The van der Waals surface area contributed by atoms with Crippen molar-refractivity contribution in [1.29, 1.82) is 0 Å². The van der Waals surface area contributed by atoms with Crippen molar-refractivity contribution >= 4 is 17.5 Å². The number of anilines is 1. The first-order valence-corrected chi connectivity index (χ1v) is 8.24. The Morgan fingerprint density at radius 3 is 2.72 bits per heavy atom. The van der Waals surface area contributed by atoms with E-state index in [2.05, 4.69) is 10.5 Å². The fourth-order valence-electron chi connectivity index (χ4n) is 2.76. The first-order chi connectivity index (χ1) is 12.0. The summed E-state index contributed by atoms with van der Waals surface area (Å²) in [6.07, 6.45) is 0.142. The second kappa shape index (κ2) is 7.48. The number of amides is 2. The van der Waals surface area contributed by atoms with Gasteiger partial charge in [0, 0.05) is 23.9 Å². The third-order valence-electron chi connectivity index (χ3n) is 4.06. The van der Waals surface area contributed by atoms with Crippen LogP contribution in [0.5, 0.6) is 0 Å². The topological polar surface area (TPSA) is 84.7 Å². The van der Waals surface area contributed by atoms with Gasteiger partial charge in [0.2, 0.25) is 5.91 Å². The molecule has 1 aromatic heterocycles. The van der Waals surface area contributed by atoms with Crippen LogP contribution in [0.15, 0.2) is 34.9 Å². The van der Waals surface area contributed by atoms with Gasteiger partial charge in [0.1, 0.15) is 5.76 Å². The maximum absolute atomic E-state index is 12.6. The van der Waals surface area contributed by atoms with Gasteiger partial charge in [-0.1, -0.05) is 5.16 Å². The van der Waals surface area contributed by atoms with Gasteiger partial charge in [-0.3, -0.25) is 9.59 Å². The summed E-state index contributed by atoms with van der Waals surface area (Å²) in [6, 6.07) is 8.69. The van der Waals surface area contributed by atoms with Crippen molar-refractivity contribution in [2.45, 2.75) is 26.3 Å². The molecule has 132 valence electrons. The highest BCUT2D eigenvalue weighted by Crippen LogP contribution is 2.15. The minimum Gasteiger partial charge on any atom is -0.377 e. The van der Waals surface area contributed by atoms with E-state index in [4.69, 9.17) is 9.26 Å². The van der Waals surface area contributed by atoms with Crippen LogP contribution >= 0.6 is 0 Å². The highest BCUT2D eigenvalue weighted by Gasteiger charge is 2.24. The number of ether oxygens (including phenoxy) is 1. The van der Waals surface area contributed by atoms with Crippen LogP contribution in [0, 0.1) is 6.92 Å². The minimum atomic E-state index is -0.186. The summed E-state index contributed by atoms with van der Waals surface area (Å²) in [5.74, 6) is 0.462. The first kappa shape index (κ1) is 17.2. The molecule has 0 saturated carbocycles. The summed E-state index contributed by atoms with van der Waals surface area (Å²) < 4.78 is 10.3. The summed E-state index contributed by atoms with van der Waals surface area (Å²) in [5.41, 5.74) is 1.82. The Hall–Kier alpha value is -2.67. The highest BCUT2D eigenvalue weighted by atomic mass is 16.5. The van der Waals surface area contributed by atoms with Gasteiger partial charge in [-0.25, -0.2) is 0 Å². The smallest absolute Gasteiger partial charge is 0.254 e. The molecule has 1 aromatic carbocycles. The van der Waals surface area contributed by atoms with Crippen molar-refractivity contribution in [1.82, 2.24) is 10.1 Å². The number of hydrogen-bond donors (Lipinski definition) is 1. The monoisotopic (exact) mass is 343 g/mol. The van der Waals surface area contributed by atoms with Crippen molar-refractivity contribution in [3.8, 4) is 0 Å². The number of aromatic nitrogens is 1. The van der Waals surface area contributed by atoms with Crippen LogP contribution in [0.1, 0.15) is 28.7 Å². The molecule has 1 unspecified atom stereocenters. The second-order valence-corrected chi connectivity index (χ2v) is 6.15. The number of rotatable bonds is 4. The maximum Gasteiger partial charge on any atom is 0.254 e. The molecular weight excluding hydrogens is 322 g/mol. The van der Waals surface area contributed by atoms with Gasteiger partial charge in [-0.05, 0) is 38.1 Å². The quantitative estimate of drug-likeness (QED) is 0.918. The van der Waals surface area contributed by atoms with E-state index in [0.717, 1.165) is 0 Å². The van der Waals surface area contributed by atoms with Crippen LogP contribution in [-0.2, 0) is 16.0 Å². The standard InChI is InChI=1S/C18H21N3O4/c1-12-11-24-8-7-21(12)18(23)14-3-5-15(6-4-14)19-17(22)10-16-9-13(2)25-20-16/h3-6,9,12H,7-8,10-11H2,1-2H3,(H,19,22). The summed E-state index contributed by atoms with van der Waals surface area (Å²) in [4.78, 5) is 26.4. The molecule has 1 atom stereocenters. The lowest BCUT2D eigenvalue weighted by atomic mass is 10.1. The molecule has 3 rings (SSSR count). The average molecular weight is 343 g/mol. The van der Waals surface area contributed by atoms with Gasteiger partial charge in [0.05, 0.1) is 31.4 Å². The van der Waals surface area contributed by atoms with Crippen molar-refractivity contribution < 1.29 is 18.8 Å². The van der Waals surface area contributed by atoms with Crippen molar-refractivity contribution in [3.63, 3.8) is 0 Å². The van der Waals surface area contributed by atoms with Gasteiger partial charge in [-0.2, -0.15) is 0 Å². The Bertz CT molecular complexity index is 754. The first-order valence-electron chi connectivity index (χ1n) is 8.24. The third kappa shape index (κ3) is 4.24. The maximum atomic E-state index is 12.6. The lowest BCUT2D eigenvalue weighted by molar-refractivity contribution is -0.115. The van der Waals surface area contributed by atoms with Gasteiger partial charge in [-0.15, -0.1) is 0 Å². The molecule has 0 radical (unpaired) electrons. The molecule has 1 saturated heterocycles. The molecule has 2 heterocycles. The van der Waals surface area contributed by atoms with Gasteiger partial charge < -0.3 is 19.5 Å². The third-order valence-corrected chi connectivity index (χ3v) is 4.06. The molecule has 0 spiro atoms. The van der Waals surface area contributed by atoms with Crippen LogP contribution in [-0.4, -0.2) is 47.7 Å². The molecule has 1 N–H and O–H groups in total. The van der Waals surface area contributed by atoms with Crippen molar-refractivity contribution in [2.24, 2.45) is 0 Å². The van der Waals surface area contributed by atoms with Gasteiger partial charge >= 0.3 is 0 Å². The Morgan fingerprint density at radius 1 is 1.32 bits per heavy atom. The van der Waals surface area contributed by atoms with E-state index in [9.17, 15) is 9.59 Å². The van der Waals surface area contributed by atoms with E-state index in [1.165, 1.54) is 0 Å². The van der Waals surface area contributed by atoms with E-state index >= 15 is 0 Å². The molecule has 0 bridgehead atoms. The van der Waals surface area contributed by atoms with Crippen LogP contribution < -0.4 is 5.32 Å². The van der Waals surface area contributed by atoms with Crippen molar-refractivity contribution in [3.05, 3.63) is 47.3 Å². The number of hydrogen-bond acceptors (Lipinski definition) is 5. The number of morpholine rings is 1. The van der Waals surface area contributed by atoms with E-state index in [1.807, 2.05) is 11.8 Å². The predicted octanol–water partition coefficient (Wildman–Crippen LogP) is 2.03. The summed E-state index contributed by atoms with van der Waals surface area (Å²) in [5, 5.41) is 6.59. The molecule has 0 aliphatic carbocycles. The van der Waals surface area contributed by atoms with E-state index in [-0.39, 0.29) is 24.3 Å². The Labute approximate surface area is 145 Å². The molecule has 25 heavy (non-hydrogen) atoms. The Morgan fingerprint density at radius 2 is 2.08 bits per heavy atom. The van der Waals surface area contributed by atoms with Crippen LogP contribution in [0.4, 0.5) is 5.69 Å². The molecule has 7 heteroatoms. The summed E-state index contributed by atoms with van der Waals surface area (Å²) >= 11 is 0. The number of benzene rings is 1. The number of nitrogens with one attached hydrogen (secondary N) is 1.